The minimum atomic E-state index is 0.0409. The number of nitrogens with one attached hydrogen (secondary N) is 1. The monoisotopic (exact) mass is 432 g/mol. The molecule has 0 bridgehead atoms. The molecule has 0 aliphatic carbocycles. The van der Waals surface area contributed by atoms with Gasteiger partial charge < -0.3 is 9.73 Å². The first-order valence-corrected chi connectivity index (χ1v) is 11.6. The summed E-state index contributed by atoms with van der Waals surface area (Å²) in [5, 5.41) is 11.2. The highest BCUT2D eigenvalue weighted by Crippen LogP contribution is 2.19. The Balaban J connectivity index is 1.16. The van der Waals surface area contributed by atoms with E-state index in [4.69, 9.17) is 4.42 Å². The number of piperidine rings is 1. The lowest BCUT2D eigenvalue weighted by molar-refractivity contribution is -0.121. The number of hydrogen-bond acceptors (Lipinski definition) is 5. The molecular weight excluding hydrogens is 400 g/mol. The van der Waals surface area contributed by atoms with Crippen LogP contribution in [0.5, 0.6) is 0 Å². The summed E-state index contributed by atoms with van der Waals surface area (Å²) in [6.45, 7) is 6.29. The summed E-state index contributed by atoms with van der Waals surface area (Å²) in [7, 11) is 0. The van der Waals surface area contributed by atoms with Crippen LogP contribution >= 0.6 is 0 Å². The first-order valence-electron chi connectivity index (χ1n) is 11.6. The largest absolute Gasteiger partial charge is 0.421 e. The van der Waals surface area contributed by atoms with Crippen LogP contribution in [-0.2, 0) is 24.3 Å². The van der Waals surface area contributed by atoms with Crippen LogP contribution in [0.15, 0.2) is 59.0 Å². The van der Waals surface area contributed by atoms with Crippen molar-refractivity contribution >= 4 is 5.91 Å². The Bertz CT molecular complexity index is 985. The summed E-state index contributed by atoms with van der Waals surface area (Å²) < 4.78 is 5.69. The SMILES string of the molecule is CC1CCCN(Cc2ccc(CNC(=O)CCCc3nnc(-c4ccccc4)o3)cc2)C1. The molecule has 6 nitrogen and oxygen atoms in total. The molecule has 168 valence electrons. The predicted molar refractivity (Wildman–Crippen MR) is 125 cm³/mol. The third-order valence-corrected chi connectivity index (χ3v) is 5.94. The molecule has 2 heterocycles. The zero-order valence-electron chi connectivity index (χ0n) is 18.8. The molecule has 0 radical (unpaired) electrons. The summed E-state index contributed by atoms with van der Waals surface area (Å²) in [6, 6.07) is 18.3. The van der Waals surface area contributed by atoms with Crippen LogP contribution in [0.3, 0.4) is 0 Å². The zero-order valence-corrected chi connectivity index (χ0v) is 18.8. The third kappa shape index (κ3) is 6.50. The first kappa shape index (κ1) is 22.2. The number of benzene rings is 2. The number of aryl methyl sites for hydroxylation is 1. The normalized spacial score (nSPS) is 16.7. The molecule has 1 N–H and O–H groups in total. The number of aromatic nitrogens is 2. The van der Waals surface area contributed by atoms with Gasteiger partial charge in [-0.25, -0.2) is 0 Å². The topological polar surface area (TPSA) is 71.3 Å². The van der Waals surface area contributed by atoms with Crippen molar-refractivity contribution in [3.63, 3.8) is 0 Å². The molecule has 1 aliphatic rings. The van der Waals surface area contributed by atoms with Gasteiger partial charge in [0.05, 0.1) is 0 Å². The molecule has 0 spiro atoms. The van der Waals surface area contributed by atoms with E-state index in [0.717, 1.165) is 23.6 Å². The fraction of sp³-hybridized carbons (Fsp3) is 0.423. The van der Waals surface area contributed by atoms with E-state index in [0.29, 0.717) is 37.6 Å². The Morgan fingerprint density at radius 1 is 1.09 bits per heavy atom. The van der Waals surface area contributed by atoms with E-state index in [1.165, 1.54) is 31.5 Å². The van der Waals surface area contributed by atoms with Crippen molar-refractivity contribution in [3.8, 4) is 11.5 Å². The van der Waals surface area contributed by atoms with Gasteiger partial charge in [-0.1, -0.05) is 49.4 Å². The first-order chi connectivity index (χ1) is 15.7. The number of nitrogens with zero attached hydrogens (tertiary/aromatic N) is 3. The molecule has 1 amide bonds. The quantitative estimate of drug-likeness (QED) is 0.535. The second-order valence-electron chi connectivity index (χ2n) is 8.80. The Kier molecular flexibility index (Phi) is 7.67. The third-order valence-electron chi connectivity index (χ3n) is 5.94. The van der Waals surface area contributed by atoms with E-state index in [2.05, 4.69) is 51.6 Å². The molecule has 1 aromatic heterocycles. The van der Waals surface area contributed by atoms with Crippen LogP contribution in [0.2, 0.25) is 0 Å². The molecule has 32 heavy (non-hydrogen) atoms. The summed E-state index contributed by atoms with van der Waals surface area (Å²) in [5.41, 5.74) is 3.36. The molecule has 1 fully saturated rings. The Hall–Kier alpha value is -2.99. The number of rotatable bonds is 9. The van der Waals surface area contributed by atoms with Crippen LogP contribution in [0.4, 0.5) is 0 Å². The summed E-state index contributed by atoms with van der Waals surface area (Å²) in [5.74, 6) is 1.92. The van der Waals surface area contributed by atoms with Crippen molar-refractivity contribution in [1.29, 1.82) is 0 Å². The molecule has 3 aromatic rings. The van der Waals surface area contributed by atoms with E-state index >= 15 is 0 Å². The fourth-order valence-corrected chi connectivity index (χ4v) is 4.19. The van der Waals surface area contributed by atoms with Gasteiger partial charge in [0.1, 0.15) is 0 Å². The van der Waals surface area contributed by atoms with Gasteiger partial charge in [-0.3, -0.25) is 9.69 Å². The average Bonchev–Trinajstić information content (AvgIpc) is 3.28. The Morgan fingerprint density at radius 3 is 2.66 bits per heavy atom. The van der Waals surface area contributed by atoms with Gasteiger partial charge in [0, 0.05) is 38.0 Å². The van der Waals surface area contributed by atoms with Crippen LogP contribution in [0.1, 0.15) is 49.6 Å². The lowest BCUT2D eigenvalue weighted by atomic mass is 9.99. The minimum Gasteiger partial charge on any atom is -0.421 e. The van der Waals surface area contributed by atoms with E-state index < -0.39 is 0 Å². The van der Waals surface area contributed by atoms with Crippen LogP contribution in [0.25, 0.3) is 11.5 Å². The van der Waals surface area contributed by atoms with Gasteiger partial charge >= 0.3 is 0 Å². The maximum absolute atomic E-state index is 12.2. The van der Waals surface area contributed by atoms with Crippen molar-refractivity contribution in [2.45, 2.75) is 52.1 Å². The van der Waals surface area contributed by atoms with Gasteiger partial charge in [-0.2, -0.15) is 0 Å². The van der Waals surface area contributed by atoms with Gasteiger partial charge in [-0.05, 0) is 55.0 Å². The van der Waals surface area contributed by atoms with Crippen molar-refractivity contribution in [3.05, 3.63) is 71.6 Å². The molecular formula is C26H32N4O2. The smallest absolute Gasteiger partial charge is 0.247 e. The molecule has 1 atom stereocenters. The van der Waals surface area contributed by atoms with E-state index in [-0.39, 0.29) is 5.91 Å². The highest BCUT2D eigenvalue weighted by molar-refractivity contribution is 5.75. The summed E-state index contributed by atoms with van der Waals surface area (Å²) in [6.07, 6.45) is 4.35. The molecule has 1 unspecified atom stereocenters. The van der Waals surface area contributed by atoms with Crippen molar-refractivity contribution in [2.24, 2.45) is 5.92 Å². The van der Waals surface area contributed by atoms with Crippen LogP contribution in [0, 0.1) is 5.92 Å². The maximum atomic E-state index is 12.2. The average molecular weight is 433 g/mol. The van der Waals surface area contributed by atoms with Gasteiger partial charge in [0.25, 0.3) is 0 Å². The summed E-state index contributed by atoms with van der Waals surface area (Å²) >= 11 is 0. The maximum Gasteiger partial charge on any atom is 0.247 e. The van der Waals surface area contributed by atoms with Gasteiger partial charge in [-0.15, -0.1) is 10.2 Å². The number of likely N-dealkylation sites (tertiary alicyclic amines) is 1. The van der Waals surface area contributed by atoms with Crippen LogP contribution in [-0.4, -0.2) is 34.1 Å². The summed E-state index contributed by atoms with van der Waals surface area (Å²) in [4.78, 5) is 14.7. The minimum absolute atomic E-state index is 0.0409. The lowest BCUT2D eigenvalue weighted by Gasteiger charge is -2.30. The second-order valence-corrected chi connectivity index (χ2v) is 8.80. The molecule has 1 aliphatic heterocycles. The van der Waals surface area contributed by atoms with Crippen molar-refractivity contribution < 1.29 is 9.21 Å². The van der Waals surface area contributed by atoms with E-state index in [9.17, 15) is 4.79 Å². The number of carbonyl (C=O) groups excluding carboxylic acids is 1. The molecule has 4 rings (SSSR count). The molecule has 6 heteroatoms. The number of amides is 1. The zero-order chi connectivity index (χ0) is 22.2. The fourth-order valence-electron chi connectivity index (χ4n) is 4.19. The highest BCUT2D eigenvalue weighted by atomic mass is 16.4. The number of carbonyl (C=O) groups is 1. The molecule has 1 saturated heterocycles. The van der Waals surface area contributed by atoms with E-state index in [1.54, 1.807) is 0 Å². The second kappa shape index (κ2) is 11.0. The number of hydrogen-bond donors (Lipinski definition) is 1. The molecule has 2 aromatic carbocycles. The van der Waals surface area contributed by atoms with Crippen LogP contribution < -0.4 is 5.32 Å². The Labute approximate surface area is 190 Å². The highest BCUT2D eigenvalue weighted by Gasteiger charge is 2.16. The van der Waals surface area contributed by atoms with Crippen molar-refractivity contribution in [2.75, 3.05) is 13.1 Å². The van der Waals surface area contributed by atoms with E-state index in [1.807, 2.05) is 30.3 Å². The van der Waals surface area contributed by atoms with Crippen molar-refractivity contribution in [1.82, 2.24) is 20.4 Å². The van der Waals surface area contributed by atoms with Gasteiger partial charge in [0.2, 0.25) is 17.7 Å². The molecule has 0 saturated carbocycles. The Morgan fingerprint density at radius 2 is 1.88 bits per heavy atom. The predicted octanol–water partition coefficient (Wildman–Crippen LogP) is 4.61. The lowest BCUT2D eigenvalue weighted by Crippen LogP contribution is -2.33. The van der Waals surface area contributed by atoms with Gasteiger partial charge in [0.15, 0.2) is 0 Å². The standard InChI is InChI=1S/C26H32N4O2/c1-20-7-6-16-30(18-20)19-22-14-12-21(13-15-22)17-27-24(31)10-5-11-25-28-29-26(32-25)23-8-3-2-4-9-23/h2-4,8-9,12-15,20H,5-7,10-11,16-19H2,1H3,(H,27,31).